The summed E-state index contributed by atoms with van der Waals surface area (Å²) in [7, 11) is 0. The van der Waals surface area contributed by atoms with Gasteiger partial charge >= 0.3 is 0 Å². The van der Waals surface area contributed by atoms with Crippen LogP contribution < -0.4 is 20.1 Å². The molecule has 7 nitrogen and oxygen atoms in total. The predicted octanol–water partition coefficient (Wildman–Crippen LogP) is 2.34. The molecule has 0 saturated carbocycles. The Hall–Kier alpha value is -1.51. The van der Waals surface area contributed by atoms with Gasteiger partial charge in [0, 0.05) is 31.7 Å². The number of hydrogen-bond acceptors (Lipinski definition) is 5. The summed E-state index contributed by atoms with van der Waals surface area (Å²) in [5, 5.41) is 6.81. The van der Waals surface area contributed by atoms with Crippen LogP contribution >= 0.6 is 15.9 Å². The molecule has 0 amide bonds. The van der Waals surface area contributed by atoms with Crippen LogP contribution in [0.5, 0.6) is 11.5 Å². The highest BCUT2D eigenvalue weighted by atomic mass is 79.9. The van der Waals surface area contributed by atoms with Gasteiger partial charge in [-0.05, 0) is 54.4 Å². The molecule has 1 aromatic rings. The van der Waals surface area contributed by atoms with Crippen LogP contribution in [0, 0.1) is 0 Å². The molecule has 0 unspecified atom stereocenters. The first kappa shape index (κ1) is 20.2. The van der Waals surface area contributed by atoms with Gasteiger partial charge in [-0.1, -0.05) is 0 Å². The number of guanidine groups is 1. The van der Waals surface area contributed by atoms with Crippen molar-refractivity contribution in [1.29, 1.82) is 0 Å². The van der Waals surface area contributed by atoms with E-state index in [1.54, 1.807) is 0 Å². The number of nitrogens with zero attached hydrogens (tertiary/aromatic N) is 2. The van der Waals surface area contributed by atoms with Crippen LogP contribution in [0.1, 0.15) is 26.3 Å². The number of aliphatic imine (C=N–C) groups is 1. The second-order valence-electron chi connectivity index (χ2n) is 7.27. The van der Waals surface area contributed by atoms with Crippen LogP contribution in [0.25, 0.3) is 0 Å². The molecule has 0 bridgehead atoms. The molecule has 3 rings (SSSR count). The van der Waals surface area contributed by atoms with Gasteiger partial charge in [0.15, 0.2) is 17.5 Å². The lowest BCUT2D eigenvalue weighted by Gasteiger charge is -2.41. The Bertz CT molecular complexity index is 675. The fourth-order valence-electron chi connectivity index (χ4n) is 3.20. The zero-order valence-corrected chi connectivity index (χ0v) is 17.9. The van der Waals surface area contributed by atoms with Crippen LogP contribution in [-0.4, -0.2) is 62.6 Å². The Labute approximate surface area is 169 Å². The third-order valence-corrected chi connectivity index (χ3v) is 5.40. The van der Waals surface area contributed by atoms with Gasteiger partial charge in [-0.15, -0.1) is 0 Å². The molecule has 2 N–H and O–H groups in total. The number of rotatable bonds is 6. The van der Waals surface area contributed by atoms with Crippen molar-refractivity contribution >= 4 is 21.9 Å². The lowest BCUT2D eigenvalue weighted by molar-refractivity contribution is -0.00834. The average molecular weight is 441 g/mol. The summed E-state index contributed by atoms with van der Waals surface area (Å²) in [6, 6.07) is 4.01. The second kappa shape index (κ2) is 9.12. The Morgan fingerprint density at radius 2 is 2.00 bits per heavy atom. The maximum absolute atomic E-state index is 5.49. The third kappa shape index (κ3) is 5.27. The number of benzene rings is 1. The van der Waals surface area contributed by atoms with Crippen LogP contribution in [0.4, 0.5) is 0 Å². The first-order chi connectivity index (χ1) is 13.0. The Morgan fingerprint density at radius 3 is 2.74 bits per heavy atom. The largest absolute Gasteiger partial charge is 0.454 e. The molecule has 0 aromatic heterocycles. The molecule has 1 aromatic carbocycles. The minimum Gasteiger partial charge on any atom is -0.454 e. The molecule has 2 aliphatic heterocycles. The molecule has 0 atom stereocenters. The van der Waals surface area contributed by atoms with Crippen LogP contribution in [0.3, 0.4) is 0 Å². The van der Waals surface area contributed by atoms with Crippen LogP contribution in [0.2, 0.25) is 0 Å². The van der Waals surface area contributed by atoms with Crippen molar-refractivity contribution in [2.45, 2.75) is 32.9 Å². The van der Waals surface area contributed by atoms with E-state index in [1.807, 2.05) is 12.1 Å². The van der Waals surface area contributed by atoms with Crippen molar-refractivity contribution in [3.63, 3.8) is 0 Å². The van der Waals surface area contributed by atoms with Crippen molar-refractivity contribution in [2.75, 3.05) is 46.2 Å². The quantitative estimate of drug-likeness (QED) is 0.522. The molecule has 0 radical (unpaired) electrons. The number of ether oxygens (including phenoxy) is 3. The minimum absolute atomic E-state index is 0.0295. The third-order valence-electron chi connectivity index (χ3n) is 4.81. The number of nitrogens with one attached hydrogen (secondary N) is 2. The fraction of sp³-hybridized carbons (Fsp3) is 0.632. The fourth-order valence-corrected chi connectivity index (χ4v) is 3.81. The van der Waals surface area contributed by atoms with E-state index in [0.29, 0.717) is 6.54 Å². The molecule has 8 heteroatoms. The molecule has 2 heterocycles. The molecule has 0 aliphatic carbocycles. The second-order valence-corrected chi connectivity index (χ2v) is 8.13. The molecular weight excluding hydrogens is 412 g/mol. The van der Waals surface area contributed by atoms with Gasteiger partial charge in [-0.25, -0.2) is 4.99 Å². The number of fused-ring (bicyclic) bond motifs is 1. The maximum Gasteiger partial charge on any atom is 0.231 e. The zero-order chi connectivity index (χ0) is 19.3. The Kier molecular flexibility index (Phi) is 6.83. The van der Waals surface area contributed by atoms with E-state index in [2.05, 4.69) is 52.2 Å². The highest BCUT2D eigenvalue weighted by molar-refractivity contribution is 9.10. The summed E-state index contributed by atoms with van der Waals surface area (Å²) in [5.41, 5.74) is 1.10. The minimum atomic E-state index is 0.0295. The molecule has 27 heavy (non-hydrogen) atoms. The van der Waals surface area contributed by atoms with Crippen molar-refractivity contribution in [3.8, 4) is 11.5 Å². The van der Waals surface area contributed by atoms with Crippen molar-refractivity contribution in [2.24, 2.45) is 4.99 Å². The van der Waals surface area contributed by atoms with Crippen LogP contribution in [-0.2, 0) is 11.3 Å². The molecular formula is C19H29BrN4O3. The van der Waals surface area contributed by atoms with E-state index in [4.69, 9.17) is 19.2 Å². The zero-order valence-electron chi connectivity index (χ0n) is 16.3. The smallest absolute Gasteiger partial charge is 0.231 e. The first-order valence-electron chi connectivity index (χ1n) is 9.42. The summed E-state index contributed by atoms with van der Waals surface area (Å²) in [4.78, 5) is 7.19. The number of hydrogen-bond donors (Lipinski definition) is 2. The normalized spacial score (nSPS) is 17.9. The molecule has 1 saturated heterocycles. The summed E-state index contributed by atoms with van der Waals surface area (Å²) in [6.07, 6.45) is 0. The maximum atomic E-state index is 5.49. The van der Waals surface area contributed by atoms with E-state index in [0.717, 1.165) is 66.9 Å². The summed E-state index contributed by atoms with van der Waals surface area (Å²) in [6.45, 7) is 12.6. The molecule has 2 aliphatic rings. The lowest BCUT2D eigenvalue weighted by Crippen LogP contribution is -2.56. The Balaban J connectivity index is 1.62. The highest BCUT2D eigenvalue weighted by Crippen LogP contribution is 2.40. The Morgan fingerprint density at radius 1 is 1.22 bits per heavy atom. The van der Waals surface area contributed by atoms with Gasteiger partial charge in [0.25, 0.3) is 0 Å². The monoisotopic (exact) mass is 440 g/mol. The van der Waals surface area contributed by atoms with Gasteiger partial charge in [-0.3, -0.25) is 4.90 Å². The van der Waals surface area contributed by atoms with E-state index < -0.39 is 0 Å². The number of halogens is 1. The highest BCUT2D eigenvalue weighted by Gasteiger charge is 2.28. The lowest BCUT2D eigenvalue weighted by atomic mass is 10.0. The molecule has 150 valence electrons. The van der Waals surface area contributed by atoms with Gasteiger partial charge < -0.3 is 24.8 Å². The van der Waals surface area contributed by atoms with E-state index in [1.165, 1.54) is 0 Å². The summed E-state index contributed by atoms with van der Waals surface area (Å²) in [5.74, 6) is 2.34. The standard InChI is InChI=1S/C19H29BrN4O3/c1-4-21-18(23-12-19(2,3)24-5-7-25-8-6-24)22-11-14-9-15(20)17-16(10-14)26-13-27-17/h9-10H,4-8,11-13H2,1-3H3,(H2,21,22,23). The first-order valence-corrected chi connectivity index (χ1v) is 10.2. The topological polar surface area (TPSA) is 67.4 Å². The van der Waals surface area contributed by atoms with E-state index in [-0.39, 0.29) is 12.3 Å². The number of morpholine rings is 1. The summed E-state index contributed by atoms with van der Waals surface area (Å²) < 4.78 is 17.3. The predicted molar refractivity (Wildman–Crippen MR) is 110 cm³/mol. The van der Waals surface area contributed by atoms with Gasteiger partial charge in [0.05, 0.1) is 24.2 Å². The van der Waals surface area contributed by atoms with Crippen molar-refractivity contribution < 1.29 is 14.2 Å². The van der Waals surface area contributed by atoms with Crippen LogP contribution in [0.15, 0.2) is 21.6 Å². The van der Waals surface area contributed by atoms with E-state index in [9.17, 15) is 0 Å². The summed E-state index contributed by atoms with van der Waals surface area (Å²) >= 11 is 3.54. The molecule has 1 fully saturated rings. The van der Waals surface area contributed by atoms with Gasteiger partial charge in [-0.2, -0.15) is 0 Å². The molecule has 0 spiro atoms. The van der Waals surface area contributed by atoms with Crippen molar-refractivity contribution in [1.82, 2.24) is 15.5 Å². The van der Waals surface area contributed by atoms with E-state index >= 15 is 0 Å². The van der Waals surface area contributed by atoms with Gasteiger partial charge in [0.1, 0.15) is 0 Å². The van der Waals surface area contributed by atoms with Crippen molar-refractivity contribution in [3.05, 3.63) is 22.2 Å². The SMILES string of the molecule is CCNC(=NCc1cc(Br)c2c(c1)OCO2)NCC(C)(C)N1CCOCC1. The van der Waals surface area contributed by atoms with Gasteiger partial charge in [0.2, 0.25) is 6.79 Å². The average Bonchev–Trinajstić information content (AvgIpc) is 3.14.